The van der Waals surface area contributed by atoms with Gasteiger partial charge in [0, 0.05) is 41.1 Å². The van der Waals surface area contributed by atoms with Crippen LogP contribution in [0.15, 0.2) is 72.9 Å². The van der Waals surface area contributed by atoms with Crippen LogP contribution in [0, 0.1) is 0 Å². The molecule has 0 radical (unpaired) electrons. The Kier molecular flexibility index (Phi) is 7.79. The number of anilines is 1. The summed E-state index contributed by atoms with van der Waals surface area (Å²) in [6.07, 6.45) is 3.38. The van der Waals surface area contributed by atoms with Gasteiger partial charge in [-0.25, -0.2) is 0 Å². The van der Waals surface area contributed by atoms with E-state index in [-0.39, 0.29) is 5.91 Å². The lowest BCUT2D eigenvalue weighted by molar-refractivity contribution is 0.0972. The molecule has 0 bridgehead atoms. The quantitative estimate of drug-likeness (QED) is 0.436. The minimum absolute atomic E-state index is 0.0295. The van der Waals surface area contributed by atoms with Crippen molar-refractivity contribution < 1.29 is 9.53 Å². The number of ether oxygens (including phenoxy) is 1. The monoisotopic (exact) mass is 408 g/mol. The van der Waals surface area contributed by atoms with Crippen LogP contribution in [0.4, 0.5) is 5.69 Å². The van der Waals surface area contributed by atoms with E-state index in [1.807, 2.05) is 54.6 Å². The largest absolute Gasteiger partial charge is 0.376 e. The molecule has 0 spiro atoms. The Morgan fingerprint density at radius 1 is 1.03 bits per heavy atom. The summed E-state index contributed by atoms with van der Waals surface area (Å²) in [5, 5.41) is 0.652. The van der Waals surface area contributed by atoms with E-state index in [4.69, 9.17) is 16.3 Å². The molecular formula is C24H25ClN2O2. The lowest BCUT2D eigenvalue weighted by Crippen LogP contribution is -2.32. The molecule has 150 valence electrons. The fourth-order valence-corrected chi connectivity index (χ4v) is 3.22. The second-order valence-corrected chi connectivity index (χ2v) is 7.15. The van der Waals surface area contributed by atoms with E-state index < -0.39 is 0 Å². The molecule has 0 unspecified atom stereocenters. The predicted molar refractivity (Wildman–Crippen MR) is 117 cm³/mol. The number of aromatic nitrogens is 1. The lowest BCUT2D eigenvalue weighted by atomic mass is 10.1. The van der Waals surface area contributed by atoms with Crippen LogP contribution < -0.4 is 4.90 Å². The topological polar surface area (TPSA) is 42.4 Å². The van der Waals surface area contributed by atoms with E-state index in [2.05, 4.69) is 11.9 Å². The average Bonchev–Trinajstić information content (AvgIpc) is 2.76. The number of hydrogen-bond donors (Lipinski definition) is 0. The van der Waals surface area contributed by atoms with Crippen molar-refractivity contribution in [3.8, 4) is 0 Å². The van der Waals surface area contributed by atoms with Gasteiger partial charge in [-0.1, -0.05) is 42.8 Å². The highest BCUT2D eigenvalue weighted by molar-refractivity contribution is 6.30. The zero-order chi connectivity index (χ0) is 20.5. The van der Waals surface area contributed by atoms with Crippen molar-refractivity contribution in [1.82, 2.24) is 4.98 Å². The number of pyridine rings is 1. The maximum atomic E-state index is 13.3. The molecule has 0 aliphatic rings. The lowest BCUT2D eigenvalue weighted by Gasteiger charge is -2.23. The van der Waals surface area contributed by atoms with Gasteiger partial charge in [0.1, 0.15) is 0 Å². The maximum Gasteiger partial charge on any atom is 0.258 e. The number of benzene rings is 2. The van der Waals surface area contributed by atoms with E-state index in [0.717, 1.165) is 29.8 Å². The van der Waals surface area contributed by atoms with E-state index in [9.17, 15) is 4.79 Å². The Bertz CT molecular complexity index is 914. The Labute approximate surface area is 177 Å². The molecule has 3 rings (SSSR count). The van der Waals surface area contributed by atoms with Gasteiger partial charge in [-0.15, -0.1) is 0 Å². The van der Waals surface area contributed by atoms with E-state index in [0.29, 0.717) is 30.3 Å². The van der Waals surface area contributed by atoms with Gasteiger partial charge >= 0.3 is 0 Å². The summed E-state index contributed by atoms with van der Waals surface area (Å²) in [6.45, 7) is 3.63. The molecule has 0 saturated carbocycles. The van der Waals surface area contributed by atoms with Crippen molar-refractivity contribution >= 4 is 23.2 Å². The van der Waals surface area contributed by atoms with Gasteiger partial charge in [0.25, 0.3) is 5.91 Å². The summed E-state index contributed by atoms with van der Waals surface area (Å²) in [5.74, 6) is -0.0295. The SMILES string of the molecule is CCCN(C(=O)c1ccccc1COCCc1ccccn1)c1ccc(Cl)cc1. The first-order valence-corrected chi connectivity index (χ1v) is 10.2. The molecule has 4 nitrogen and oxygen atoms in total. The molecule has 0 aliphatic heterocycles. The van der Waals surface area contributed by atoms with Gasteiger partial charge in [-0.3, -0.25) is 9.78 Å². The van der Waals surface area contributed by atoms with Gasteiger partial charge in [-0.05, 0) is 54.4 Å². The third-order valence-corrected chi connectivity index (χ3v) is 4.82. The molecule has 1 aromatic heterocycles. The van der Waals surface area contributed by atoms with Crippen molar-refractivity contribution in [3.63, 3.8) is 0 Å². The summed E-state index contributed by atoms with van der Waals surface area (Å²) < 4.78 is 5.85. The molecule has 0 fully saturated rings. The first-order valence-electron chi connectivity index (χ1n) is 9.82. The number of amides is 1. The average molecular weight is 409 g/mol. The standard InChI is InChI=1S/C24H25ClN2O2/c1-2-16-27(22-12-10-20(25)11-13-22)24(28)23-9-4-3-7-19(23)18-29-17-14-21-8-5-6-15-26-21/h3-13,15H,2,14,16-18H2,1H3. The summed E-state index contributed by atoms with van der Waals surface area (Å²) in [4.78, 5) is 19.4. The first kappa shape index (κ1) is 21.0. The fourth-order valence-electron chi connectivity index (χ4n) is 3.10. The Balaban J connectivity index is 1.70. The van der Waals surface area contributed by atoms with Gasteiger partial charge in [0.15, 0.2) is 0 Å². The normalized spacial score (nSPS) is 10.7. The minimum Gasteiger partial charge on any atom is -0.376 e. The van der Waals surface area contributed by atoms with E-state index in [1.54, 1.807) is 23.2 Å². The van der Waals surface area contributed by atoms with Crippen molar-refractivity contribution in [2.75, 3.05) is 18.1 Å². The van der Waals surface area contributed by atoms with Crippen molar-refractivity contribution in [2.45, 2.75) is 26.4 Å². The number of nitrogens with zero attached hydrogens (tertiary/aromatic N) is 2. The Hall–Kier alpha value is -2.69. The molecule has 2 aromatic carbocycles. The van der Waals surface area contributed by atoms with Crippen LogP contribution in [0.5, 0.6) is 0 Å². The highest BCUT2D eigenvalue weighted by atomic mass is 35.5. The molecule has 3 aromatic rings. The number of rotatable bonds is 9. The molecule has 0 N–H and O–H groups in total. The van der Waals surface area contributed by atoms with Crippen LogP contribution in [-0.4, -0.2) is 24.0 Å². The van der Waals surface area contributed by atoms with Crippen LogP contribution in [0.3, 0.4) is 0 Å². The molecule has 0 saturated heterocycles. The van der Waals surface area contributed by atoms with Gasteiger partial charge in [-0.2, -0.15) is 0 Å². The second kappa shape index (κ2) is 10.7. The number of carbonyl (C=O) groups excluding carboxylic acids is 1. The zero-order valence-corrected chi connectivity index (χ0v) is 17.3. The maximum absolute atomic E-state index is 13.3. The number of hydrogen-bond acceptors (Lipinski definition) is 3. The van der Waals surface area contributed by atoms with Crippen molar-refractivity contribution in [1.29, 1.82) is 0 Å². The third kappa shape index (κ3) is 5.89. The minimum atomic E-state index is -0.0295. The van der Waals surface area contributed by atoms with Crippen LogP contribution >= 0.6 is 11.6 Å². The molecule has 5 heteroatoms. The molecule has 1 amide bonds. The molecule has 0 atom stereocenters. The van der Waals surface area contributed by atoms with Crippen molar-refractivity contribution in [3.05, 3.63) is 94.8 Å². The third-order valence-electron chi connectivity index (χ3n) is 4.56. The fraction of sp³-hybridized carbons (Fsp3) is 0.250. The number of halogens is 1. The van der Waals surface area contributed by atoms with Crippen LogP contribution in [0.2, 0.25) is 5.02 Å². The van der Waals surface area contributed by atoms with Gasteiger partial charge in [0.05, 0.1) is 13.2 Å². The van der Waals surface area contributed by atoms with Gasteiger partial charge < -0.3 is 9.64 Å². The van der Waals surface area contributed by atoms with Gasteiger partial charge in [0.2, 0.25) is 0 Å². The predicted octanol–water partition coefficient (Wildman–Crippen LogP) is 5.55. The Morgan fingerprint density at radius 3 is 2.52 bits per heavy atom. The zero-order valence-electron chi connectivity index (χ0n) is 16.6. The first-order chi connectivity index (χ1) is 14.2. The second-order valence-electron chi connectivity index (χ2n) is 6.71. The summed E-state index contributed by atoms with van der Waals surface area (Å²) in [5.41, 5.74) is 3.38. The molecular weight excluding hydrogens is 384 g/mol. The summed E-state index contributed by atoms with van der Waals surface area (Å²) in [6, 6.07) is 20.8. The summed E-state index contributed by atoms with van der Waals surface area (Å²) >= 11 is 6.01. The van der Waals surface area contributed by atoms with Crippen LogP contribution in [0.25, 0.3) is 0 Å². The Morgan fingerprint density at radius 2 is 1.79 bits per heavy atom. The summed E-state index contributed by atoms with van der Waals surface area (Å²) in [7, 11) is 0. The highest BCUT2D eigenvalue weighted by Crippen LogP contribution is 2.22. The van der Waals surface area contributed by atoms with Crippen LogP contribution in [0.1, 0.15) is 35.0 Å². The molecule has 1 heterocycles. The number of carbonyl (C=O) groups is 1. The van der Waals surface area contributed by atoms with E-state index >= 15 is 0 Å². The smallest absolute Gasteiger partial charge is 0.258 e. The highest BCUT2D eigenvalue weighted by Gasteiger charge is 2.19. The van der Waals surface area contributed by atoms with Crippen LogP contribution in [-0.2, 0) is 17.8 Å². The van der Waals surface area contributed by atoms with E-state index in [1.165, 1.54) is 0 Å². The molecule has 0 aliphatic carbocycles. The van der Waals surface area contributed by atoms with Crippen molar-refractivity contribution in [2.24, 2.45) is 0 Å². The molecule has 29 heavy (non-hydrogen) atoms.